The maximum Gasteiger partial charge on any atom is 0.240 e. The van der Waals surface area contributed by atoms with Crippen LogP contribution in [0.15, 0.2) is 47.4 Å². The topological polar surface area (TPSA) is 84.5 Å². The molecule has 0 unspecified atom stereocenters. The molecule has 29 heavy (non-hydrogen) atoms. The molecule has 154 valence electrons. The second-order valence-electron chi connectivity index (χ2n) is 7.66. The van der Waals surface area contributed by atoms with Crippen LogP contribution in [-0.2, 0) is 20.2 Å². The summed E-state index contributed by atoms with van der Waals surface area (Å²) >= 11 is 0. The number of nitrogens with one attached hydrogen (secondary N) is 2. The lowest BCUT2D eigenvalue weighted by Gasteiger charge is -2.40. The molecule has 0 spiro atoms. The second-order valence-corrected chi connectivity index (χ2v) is 9.37. The fourth-order valence-electron chi connectivity index (χ4n) is 3.65. The molecule has 0 radical (unpaired) electrons. The van der Waals surface area contributed by atoms with Gasteiger partial charge < -0.3 is 10.1 Å². The van der Waals surface area contributed by atoms with E-state index in [1.54, 1.807) is 12.1 Å². The van der Waals surface area contributed by atoms with Gasteiger partial charge in [-0.2, -0.15) is 0 Å². The van der Waals surface area contributed by atoms with Crippen molar-refractivity contribution in [1.29, 1.82) is 0 Å². The van der Waals surface area contributed by atoms with E-state index in [0.29, 0.717) is 24.2 Å². The van der Waals surface area contributed by atoms with E-state index in [1.807, 2.05) is 0 Å². The lowest BCUT2D eigenvalue weighted by atomic mass is 9.63. The minimum atomic E-state index is -3.67. The number of halogens is 1. The van der Waals surface area contributed by atoms with Gasteiger partial charge in [0.1, 0.15) is 11.6 Å². The Morgan fingerprint density at radius 3 is 2.52 bits per heavy atom. The zero-order valence-corrected chi connectivity index (χ0v) is 16.9. The van der Waals surface area contributed by atoms with E-state index >= 15 is 0 Å². The standard InChI is InChI=1S/C21H23FN2O4S/c1-28-19-9-8-17(29(26,27)24-16-6-7-16)13-18(19)23-20(25)21(10-3-11-21)14-4-2-5-15(22)12-14/h2,4-5,8-9,12-13,16,24H,3,6-7,10-11H2,1H3,(H,23,25). The third-order valence-corrected chi connectivity index (χ3v) is 7.17. The Morgan fingerprint density at radius 2 is 1.93 bits per heavy atom. The minimum absolute atomic E-state index is 0.0219. The van der Waals surface area contributed by atoms with Crippen LogP contribution in [0.25, 0.3) is 0 Å². The van der Waals surface area contributed by atoms with Gasteiger partial charge >= 0.3 is 0 Å². The van der Waals surface area contributed by atoms with Crippen molar-refractivity contribution in [3.8, 4) is 5.75 Å². The number of ether oxygens (including phenoxy) is 1. The van der Waals surface area contributed by atoms with E-state index in [2.05, 4.69) is 10.0 Å². The second kappa shape index (κ2) is 7.42. The van der Waals surface area contributed by atoms with E-state index in [4.69, 9.17) is 4.74 Å². The van der Waals surface area contributed by atoms with Gasteiger partial charge in [0.15, 0.2) is 0 Å². The maximum absolute atomic E-state index is 13.7. The summed E-state index contributed by atoms with van der Waals surface area (Å²) in [7, 11) is -2.22. The number of carbonyl (C=O) groups excluding carboxylic acids is 1. The van der Waals surface area contributed by atoms with Crippen molar-refractivity contribution in [2.45, 2.75) is 48.5 Å². The summed E-state index contributed by atoms with van der Waals surface area (Å²) in [6.45, 7) is 0. The molecule has 4 rings (SSSR count). The molecule has 2 aliphatic carbocycles. The molecule has 2 N–H and O–H groups in total. The lowest BCUT2D eigenvalue weighted by molar-refractivity contribution is -0.124. The number of hydrogen-bond acceptors (Lipinski definition) is 4. The molecule has 2 fully saturated rings. The van der Waals surface area contributed by atoms with Gasteiger partial charge in [0, 0.05) is 6.04 Å². The van der Waals surface area contributed by atoms with Gasteiger partial charge in [0.25, 0.3) is 0 Å². The summed E-state index contributed by atoms with van der Waals surface area (Å²) in [5.74, 6) is -0.326. The fourth-order valence-corrected chi connectivity index (χ4v) is 4.98. The van der Waals surface area contributed by atoms with Crippen molar-refractivity contribution in [1.82, 2.24) is 4.72 Å². The lowest BCUT2D eigenvalue weighted by Crippen LogP contribution is -2.46. The van der Waals surface area contributed by atoms with Crippen LogP contribution < -0.4 is 14.8 Å². The van der Waals surface area contributed by atoms with Crippen molar-refractivity contribution >= 4 is 21.6 Å². The average molecular weight is 418 g/mol. The van der Waals surface area contributed by atoms with E-state index in [-0.39, 0.29) is 22.5 Å². The van der Waals surface area contributed by atoms with Crippen molar-refractivity contribution in [2.75, 3.05) is 12.4 Å². The third-order valence-electron chi connectivity index (χ3n) is 5.65. The van der Waals surface area contributed by atoms with Gasteiger partial charge in [-0.15, -0.1) is 0 Å². The van der Waals surface area contributed by atoms with Gasteiger partial charge in [-0.05, 0) is 61.6 Å². The molecule has 1 amide bonds. The minimum Gasteiger partial charge on any atom is -0.495 e. The molecule has 0 saturated heterocycles. The molecular formula is C21H23FN2O4S. The highest BCUT2D eigenvalue weighted by Gasteiger charge is 2.46. The van der Waals surface area contributed by atoms with Crippen LogP contribution in [0, 0.1) is 5.82 Å². The molecule has 0 atom stereocenters. The number of amides is 1. The molecule has 2 aromatic carbocycles. The number of rotatable bonds is 7. The highest BCUT2D eigenvalue weighted by molar-refractivity contribution is 7.89. The molecule has 0 heterocycles. The van der Waals surface area contributed by atoms with Crippen LogP contribution in [0.2, 0.25) is 0 Å². The molecule has 2 aromatic rings. The fraction of sp³-hybridized carbons (Fsp3) is 0.381. The number of methoxy groups -OCH3 is 1. The summed E-state index contributed by atoms with van der Waals surface area (Å²) in [6.07, 6.45) is 3.72. The normalized spacial score (nSPS) is 18.0. The van der Waals surface area contributed by atoms with Crippen molar-refractivity contribution in [3.05, 3.63) is 53.8 Å². The van der Waals surface area contributed by atoms with E-state index in [0.717, 1.165) is 19.3 Å². The van der Waals surface area contributed by atoms with Crippen molar-refractivity contribution in [2.24, 2.45) is 0 Å². The van der Waals surface area contributed by atoms with Crippen LogP contribution in [0.5, 0.6) is 5.75 Å². The molecule has 0 aromatic heterocycles. The number of carbonyl (C=O) groups is 1. The van der Waals surface area contributed by atoms with E-state index < -0.39 is 21.3 Å². The average Bonchev–Trinajstić information content (AvgIpc) is 3.44. The first-order chi connectivity index (χ1) is 13.8. The molecule has 2 aliphatic rings. The molecule has 0 aliphatic heterocycles. The van der Waals surface area contributed by atoms with Crippen LogP contribution in [0.3, 0.4) is 0 Å². The van der Waals surface area contributed by atoms with Crippen molar-refractivity contribution in [3.63, 3.8) is 0 Å². The Hall–Kier alpha value is -2.45. The molecule has 6 nitrogen and oxygen atoms in total. The SMILES string of the molecule is COc1ccc(S(=O)(=O)NC2CC2)cc1NC(=O)C1(c2cccc(F)c2)CCC1. The van der Waals surface area contributed by atoms with Gasteiger partial charge in [0.05, 0.1) is 23.1 Å². The Morgan fingerprint density at radius 1 is 1.17 bits per heavy atom. The summed E-state index contributed by atoms with van der Waals surface area (Å²) in [5, 5.41) is 2.83. The maximum atomic E-state index is 13.7. The first-order valence-electron chi connectivity index (χ1n) is 9.62. The monoisotopic (exact) mass is 418 g/mol. The Kier molecular flexibility index (Phi) is 5.08. The molecular weight excluding hydrogens is 395 g/mol. The Bertz CT molecular complexity index is 1050. The summed E-state index contributed by atoms with van der Waals surface area (Å²) in [6, 6.07) is 10.4. The quantitative estimate of drug-likeness (QED) is 0.722. The van der Waals surface area contributed by atoms with E-state index in [9.17, 15) is 17.6 Å². The molecule has 2 saturated carbocycles. The van der Waals surface area contributed by atoms with Gasteiger partial charge in [-0.3, -0.25) is 4.79 Å². The smallest absolute Gasteiger partial charge is 0.240 e. The summed E-state index contributed by atoms with van der Waals surface area (Å²) in [5.41, 5.74) is 0.0760. The number of benzene rings is 2. The van der Waals surface area contributed by atoms with Crippen LogP contribution in [0.4, 0.5) is 10.1 Å². The zero-order chi connectivity index (χ0) is 20.6. The highest BCUT2D eigenvalue weighted by Crippen LogP contribution is 2.45. The van der Waals surface area contributed by atoms with Crippen LogP contribution in [0.1, 0.15) is 37.7 Å². The largest absolute Gasteiger partial charge is 0.495 e. The first kappa shape index (κ1) is 19.8. The Labute approximate surface area is 169 Å². The third kappa shape index (κ3) is 3.86. The first-order valence-corrected chi connectivity index (χ1v) is 11.1. The number of hydrogen-bond donors (Lipinski definition) is 2. The van der Waals surface area contributed by atoms with Gasteiger partial charge in [-0.25, -0.2) is 17.5 Å². The summed E-state index contributed by atoms with van der Waals surface area (Å²) < 4.78 is 46.7. The summed E-state index contributed by atoms with van der Waals surface area (Å²) in [4.78, 5) is 13.3. The predicted molar refractivity (Wildman–Crippen MR) is 107 cm³/mol. The molecule has 0 bridgehead atoms. The number of sulfonamides is 1. The van der Waals surface area contributed by atoms with Crippen molar-refractivity contribution < 1.29 is 22.3 Å². The number of anilines is 1. The van der Waals surface area contributed by atoms with Gasteiger partial charge in [-0.1, -0.05) is 18.6 Å². The highest BCUT2D eigenvalue weighted by atomic mass is 32.2. The van der Waals surface area contributed by atoms with E-state index in [1.165, 1.54) is 37.4 Å². The zero-order valence-electron chi connectivity index (χ0n) is 16.1. The predicted octanol–water partition coefficient (Wildman–Crippen LogP) is 3.34. The van der Waals surface area contributed by atoms with Crippen LogP contribution >= 0.6 is 0 Å². The Balaban J connectivity index is 1.64. The molecule has 8 heteroatoms. The van der Waals surface area contributed by atoms with Gasteiger partial charge in [0.2, 0.25) is 15.9 Å². The van der Waals surface area contributed by atoms with Crippen LogP contribution in [-0.4, -0.2) is 27.5 Å².